The minimum absolute atomic E-state index is 0.106. The Morgan fingerprint density at radius 1 is 1.62 bits per heavy atom. The van der Waals surface area contributed by atoms with Crippen LogP contribution in [0, 0.1) is 0 Å². The molecule has 0 saturated heterocycles. The molecule has 78 valence electrons. The highest BCUT2D eigenvalue weighted by Crippen LogP contribution is 2.18. The Morgan fingerprint density at radius 2 is 2.08 bits per heavy atom. The lowest BCUT2D eigenvalue weighted by Gasteiger charge is -2.25. The van der Waals surface area contributed by atoms with Gasteiger partial charge in [-0.25, -0.2) is 4.79 Å². The molecule has 0 fully saturated rings. The molecule has 0 aliphatic heterocycles. The van der Waals surface area contributed by atoms with E-state index < -0.39 is 21.0 Å². The second-order valence-electron chi connectivity index (χ2n) is 2.95. The van der Waals surface area contributed by atoms with Crippen molar-refractivity contribution in [2.45, 2.75) is 31.6 Å². The summed E-state index contributed by atoms with van der Waals surface area (Å²) in [6.07, 6.45) is 0.603. The van der Waals surface area contributed by atoms with Crippen LogP contribution in [-0.2, 0) is 10.1 Å². The lowest BCUT2D eigenvalue weighted by Crippen LogP contribution is -2.53. The van der Waals surface area contributed by atoms with Crippen LogP contribution in [0.2, 0.25) is 0 Å². The molecule has 0 rings (SSSR count). The average molecular weight is 210 g/mol. The Morgan fingerprint density at radius 3 is 2.31 bits per heavy atom. The Hall–Kier alpha value is -0.820. The quantitative estimate of drug-likeness (QED) is 0.570. The maximum absolute atomic E-state index is 10.9. The molecule has 0 aliphatic rings. The predicted octanol–water partition coefficient (Wildman–Crippen LogP) is 0.0588. The number of amides is 2. The zero-order valence-electron chi connectivity index (χ0n) is 7.57. The van der Waals surface area contributed by atoms with Gasteiger partial charge in [0.25, 0.3) is 10.1 Å². The molecule has 0 spiro atoms. The van der Waals surface area contributed by atoms with Crippen LogP contribution in [0.4, 0.5) is 4.79 Å². The maximum atomic E-state index is 10.9. The molecule has 7 heteroatoms. The SMILES string of the molecule is CCCC(C)(NC(N)=O)S(=O)(=O)O. The first-order valence-electron chi connectivity index (χ1n) is 3.77. The van der Waals surface area contributed by atoms with E-state index in [-0.39, 0.29) is 6.42 Å². The Kier molecular flexibility index (Phi) is 3.68. The summed E-state index contributed by atoms with van der Waals surface area (Å²) in [5.41, 5.74) is 4.78. The average Bonchev–Trinajstić information content (AvgIpc) is 1.82. The smallest absolute Gasteiger partial charge is 0.313 e. The summed E-state index contributed by atoms with van der Waals surface area (Å²) in [6.45, 7) is 2.93. The largest absolute Gasteiger partial charge is 0.352 e. The Bertz CT molecular complexity index is 287. The number of urea groups is 1. The third-order valence-electron chi connectivity index (χ3n) is 1.68. The lowest BCUT2D eigenvalue weighted by atomic mass is 10.2. The number of hydrogen-bond donors (Lipinski definition) is 3. The van der Waals surface area contributed by atoms with Crippen LogP contribution >= 0.6 is 0 Å². The van der Waals surface area contributed by atoms with Gasteiger partial charge in [-0.1, -0.05) is 13.3 Å². The number of carbonyl (C=O) groups excluding carboxylic acids is 1. The van der Waals surface area contributed by atoms with Gasteiger partial charge in [0.05, 0.1) is 0 Å². The van der Waals surface area contributed by atoms with Gasteiger partial charge in [0.15, 0.2) is 4.87 Å². The van der Waals surface area contributed by atoms with Crippen molar-refractivity contribution in [2.24, 2.45) is 5.73 Å². The number of hydrogen-bond acceptors (Lipinski definition) is 3. The zero-order valence-corrected chi connectivity index (χ0v) is 8.39. The monoisotopic (exact) mass is 210 g/mol. The number of primary amides is 1. The van der Waals surface area contributed by atoms with Crippen molar-refractivity contribution in [3.63, 3.8) is 0 Å². The van der Waals surface area contributed by atoms with E-state index >= 15 is 0 Å². The molecular formula is C6H14N2O4S. The van der Waals surface area contributed by atoms with E-state index in [2.05, 4.69) is 0 Å². The molecule has 1 atom stereocenters. The third kappa shape index (κ3) is 3.19. The van der Waals surface area contributed by atoms with Gasteiger partial charge in [-0.2, -0.15) is 8.42 Å². The van der Waals surface area contributed by atoms with Crippen molar-refractivity contribution < 1.29 is 17.8 Å². The van der Waals surface area contributed by atoms with E-state index in [4.69, 9.17) is 10.3 Å². The van der Waals surface area contributed by atoms with Gasteiger partial charge in [0.2, 0.25) is 0 Å². The molecule has 6 nitrogen and oxygen atoms in total. The van der Waals surface area contributed by atoms with Crippen LogP contribution in [0.25, 0.3) is 0 Å². The van der Waals surface area contributed by atoms with Crippen LogP contribution in [0.1, 0.15) is 26.7 Å². The summed E-state index contributed by atoms with van der Waals surface area (Å²) in [7, 11) is -4.33. The Balaban J connectivity index is 4.84. The first-order chi connectivity index (χ1) is 5.73. The van der Waals surface area contributed by atoms with Gasteiger partial charge in [-0.15, -0.1) is 0 Å². The van der Waals surface area contributed by atoms with E-state index in [9.17, 15) is 13.2 Å². The molecule has 4 N–H and O–H groups in total. The van der Waals surface area contributed by atoms with Gasteiger partial charge in [-0.05, 0) is 13.3 Å². The van der Waals surface area contributed by atoms with Gasteiger partial charge < -0.3 is 11.1 Å². The van der Waals surface area contributed by atoms with E-state index in [0.717, 1.165) is 0 Å². The van der Waals surface area contributed by atoms with Gasteiger partial charge in [0, 0.05) is 0 Å². The highest BCUT2D eigenvalue weighted by atomic mass is 32.2. The summed E-state index contributed by atoms with van der Waals surface area (Å²) in [5, 5.41) is 2.00. The van der Waals surface area contributed by atoms with Gasteiger partial charge in [0.1, 0.15) is 0 Å². The van der Waals surface area contributed by atoms with E-state index in [0.29, 0.717) is 6.42 Å². The summed E-state index contributed by atoms with van der Waals surface area (Å²) in [6, 6.07) is -0.978. The van der Waals surface area contributed by atoms with Crippen molar-refractivity contribution in [3.8, 4) is 0 Å². The molecule has 0 bridgehead atoms. The summed E-state index contributed by atoms with van der Waals surface area (Å²) < 4.78 is 30.5. The molecule has 2 amide bonds. The van der Waals surface area contributed by atoms with Crippen molar-refractivity contribution in [1.82, 2.24) is 5.32 Å². The third-order valence-corrected chi connectivity index (χ3v) is 3.13. The number of rotatable bonds is 4. The van der Waals surface area contributed by atoms with Crippen molar-refractivity contribution in [1.29, 1.82) is 0 Å². The van der Waals surface area contributed by atoms with Crippen molar-refractivity contribution in [2.75, 3.05) is 0 Å². The van der Waals surface area contributed by atoms with Crippen LogP contribution in [0.3, 0.4) is 0 Å². The molecule has 0 aromatic carbocycles. The number of nitrogens with two attached hydrogens (primary N) is 1. The molecule has 0 radical (unpaired) electrons. The second kappa shape index (κ2) is 3.93. The molecule has 1 unspecified atom stereocenters. The number of carbonyl (C=O) groups is 1. The van der Waals surface area contributed by atoms with Crippen LogP contribution in [-0.4, -0.2) is 23.9 Å². The molecular weight excluding hydrogens is 196 g/mol. The Labute approximate surface area is 77.2 Å². The minimum atomic E-state index is -4.33. The highest BCUT2D eigenvalue weighted by molar-refractivity contribution is 7.87. The first-order valence-corrected chi connectivity index (χ1v) is 5.21. The van der Waals surface area contributed by atoms with E-state index in [1.807, 2.05) is 5.32 Å². The standard InChI is InChI=1S/C6H14N2O4S/c1-3-4-6(2,8-5(7)9)13(10,11)12/h3-4H2,1-2H3,(H3,7,8,9)(H,10,11,12). The highest BCUT2D eigenvalue weighted by Gasteiger charge is 2.38. The van der Waals surface area contributed by atoms with Crippen LogP contribution in [0.5, 0.6) is 0 Å². The fourth-order valence-corrected chi connectivity index (χ4v) is 1.69. The summed E-state index contributed by atoms with van der Waals surface area (Å²) in [4.78, 5) is 8.79. The van der Waals surface area contributed by atoms with Gasteiger partial charge >= 0.3 is 6.03 Å². The molecule has 0 saturated carbocycles. The molecule has 0 aliphatic carbocycles. The first kappa shape index (κ1) is 12.2. The summed E-state index contributed by atoms with van der Waals surface area (Å²) in [5.74, 6) is 0. The number of nitrogens with one attached hydrogen (secondary N) is 1. The van der Waals surface area contributed by atoms with Gasteiger partial charge in [-0.3, -0.25) is 4.55 Å². The van der Waals surface area contributed by atoms with E-state index in [1.165, 1.54) is 6.92 Å². The predicted molar refractivity (Wildman–Crippen MR) is 47.6 cm³/mol. The minimum Gasteiger partial charge on any atom is -0.352 e. The maximum Gasteiger partial charge on any atom is 0.313 e. The van der Waals surface area contributed by atoms with Crippen molar-refractivity contribution in [3.05, 3.63) is 0 Å². The fraction of sp³-hybridized carbons (Fsp3) is 0.833. The molecule has 0 aromatic heterocycles. The summed E-state index contributed by atoms with van der Waals surface area (Å²) >= 11 is 0. The zero-order chi connectivity index (χ0) is 10.7. The molecule has 13 heavy (non-hydrogen) atoms. The van der Waals surface area contributed by atoms with Crippen molar-refractivity contribution >= 4 is 16.1 Å². The fourth-order valence-electron chi connectivity index (χ4n) is 0.994. The second-order valence-corrected chi connectivity index (χ2v) is 4.80. The molecule has 0 aromatic rings. The van der Waals surface area contributed by atoms with Crippen LogP contribution < -0.4 is 11.1 Å². The normalized spacial score (nSPS) is 16.2. The van der Waals surface area contributed by atoms with E-state index in [1.54, 1.807) is 6.92 Å². The topological polar surface area (TPSA) is 109 Å². The molecule has 0 heterocycles. The lowest BCUT2D eigenvalue weighted by molar-refractivity contribution is 0.240. The van der Waals surface area contributed by atoms with Crippen LogP contribution in [0.15, 0.2) is 0 Å².